The van der Waals surface area contributed by atoms with Gasteiger partial charge in [-0.05, 0) is 52.7 Å². The minimum atomic E-state index is -0.462. The Morgan fingerprint density at radius 2 is 1.85 bits per heavy atom. The number of nitrogens with zero attached hydrogens (tertiary/aromatic N) is 1. The van der Waals surface area contributed by atoms with Gasteiger partial charge in [0, 0.05) is 19.2 Å². The van der Waals surface area contributed by atoms with Crippen LogP contribution < -0.4 is 14.2 Å². The summed E-state index contributed by atoms with van der Waals surface area (Å²) in [4.78, 5) is 14.2. The fourth-order valence-electron chi connectivity index (χ4n) is 2.50. The van der Waals surface area contributed by atoms with E-state index in [1.54, 1.807) is 31.3 Å². The minimum Gasteiger partial charge on any atom is -0.494 e. The molecule has 0 aromatic heterocycles. The van der Waals surface area contributed by atoms with Crippen LogP contribution in [0, 0.1) is 5.82 Å². The van der Waals surface area contributed by atoms with E-state index in [2.05, 4.69) is 15.9 Å². The zero-order valence-corrected chi connectivity index (χ0v) is 16.7. The first-order chi connectivity index (χ1) is 12.4. The van der Waals surface area contributed by atoms with Crippen molar-refractivity contribution in [3.05, 3.63) is 51.7 Å². The van der Waals surface area contributed by atoms with Crippen LogP contribution in [0.25, 0.3) is 0 Å². The van der Waals surface area contributed by atoms with Gasteiger partial charge in [0.15, 0.2) is 23.1 Å². The molecule has 0 saturated heterocycles. The second kappa shape index (κ2) is 8.89. The average molecular weight is 426 g/mol. The zero-order chi connectivity index (χ0) is 19.3. The first-order valence-electron chi connectivity index (χ1n) is 7.99. The topological polar surface area (TPSA) is 48.0 Å². The summed E-state index contributed by atoms with van der Waals surface area (Å²) in [6.07, 6.45) is 0. The number of amides is 1. The van der Waals surface area contributed by atoms with Gasteiger partial charge in [-0.1, -0.05) is 6.07 Å². The number of rotatable bonds is 7. The van der Waals surface area contributed by atoms with Gasteiger partial charge in [0.05, 0.1) is 25.3 Å². The third-order valence-electron chi connectivity index (χ3n) is 3.75. The van der Waals surface area contributed by atoms with Crippen LogP contribution in [0.1, 0.15) is 22.8 Å². The molecule has 140 valence electrons. The van der Waals surface area contributed by atoms with E-state index in [0.29, 0.717) is 33.7 Å². The molecule has 0 N–H and O–H groups in total. The third kappa shape index (κ3) is 4.46. The lowest BCUT2D eigenvalue weighted by Crippen LogP contribution is -2.26. The van der Waals surface area contributed by atoms with E-state index < -0.39 is 5.82 Å². The highest BCUT2D eigenvalue weighted by atomic mass is 79.9. The molecule has 0 bridgehead atoms. The molecule has 0 fully saturated rings. The first-order valence-corrected chi connectivity index (χ1v) is 8.78. The second-order valence-corrected chi connectivity index (χ2v) is 6.41. The summed E-state index contributed by atoms with van der Waals surface area (Å²) in [7, 11) is 4.58. The molecule has 2 aromatic carbocycles. The SMILES string of the molecule is CCOc1c(Br)cc(C(=O)N(C)Cc2ccc(OC)c(F)c2)cc1OC. The molecule has 0 unspecified atom stereocenters. The minimum absolute atomic E-state index is 0.169. The fourth-order valence-corrected chi connectivity index (χ4v) is 3.06. The molecule has 1 amide bonds. The van der Waals surface area contributed by atoms with Crippen LogP contribution in [0.3, 0.4) is 0 Å². The van der Waals surface area contributed by atoms with Gasteiger partial charge >= 0.3 is 0 Å². The zero-order valence-electron chi connectivity index (χ0n) is 15.1. The predicted octanol–water partition coefficient (Wildman–Crippen LogP) is 4.28. The molecule has 0 heterocycles. The average Bonchev–Trinajstić information content (AvgIpc) is 2.62. The van der Waals surface area contributed by atoms with Crippen molar-refractivity contribution in [3.63, 3.8) is 0 Å². The van der Waals surface area contributed by atoms with Gasteiger partial charge in [-0.15, -0.1) is 0 Å². The lowest BCUT2D eigenvalue weighted by atomic mass is 10.1. The molecule has 0 saturated carbocycles. The Morgan fingerprint density at radius 3 is 2.42 bits per heavy atom. The van der Waals surface area contributed by atoms with Crippen LogP contribution >= 0.6 is 15.9 Å². The van der Waals surface area contributed by atoms with Crippen molar-refractivity contribution in [1.82, 2.24) is 4.90 Å². The van der Waals surface area contributed by atoms with Crippen LogP contribution in [0.5, 0.6) is 17.2 Å². The van der Waals surface area contributed by atoms with E-state index in [1.807, 2.05) is 6.92 Å². The summed E-state index contributed by atoms with van der Waals surface area (Å²) in [5.74, 6) is 0.502. The molecule has 5 nitrogen and oxygen atoms in total. The molecule has 26 heavy (non-hydrogen) atoms. The van der Waals surface area contributed by atoms with Gasteiger partial charge in [-0.2, -0.15) is 0 Å². The summed E-state index contributed by atoms with van der Waals surface area (Å²) in [6, 6.07) is 7.93. The van der Waals surface area contributed by atoms with Gasteiger partial charge < -0.3 is 19.1 Å². The van der Waals surface area contributed by atoms with Crippen molar-refractivity contribution in [2.45, 2.75) is 13.5 Å². The van der Waals surface area contributed by atoms with Crippen molar-refractivity contribution < 1.29 is 23.4 Å². The summed E-state index contributed by atoms with van der Waals surface area (Å²) < 4.78 is 30.2. The summed E-state index contributed by atoms with van der Waals surface area (Å²) in [5.41, 5.74) is 1.10. The van der Waals surface area contributed by atoms with Gasteiger partial charge in [0.2, 0.25) is 0 Å². The maximum Gasteiger partial charge on any atom is 0.254 e. The first kappa shape index (κ1) is 20.0. The molecule has 0 aliphatic heterocycles. The molecule has 0 radical (unpaired) electrons. The molecule has 2 rings (SSSR count). The number of ether oxygens (including phenoxy) is 3. The highest BCUT2D eigenvalue weighted by molar-refractivity contribution is 9.10. The summed E-state index contributed by atoms with van der Waals surface area (Å²) >= 11 is 3.41. The smallest absolute Gasteiger partial charge is 0.254 e. The van der Waals surface area contributed by atoms with Crippen LogP contribution in [-0.2, 0) is 6.54 Å². The Bertz CT molecular complexity index is 797. The van der Waals surface area contributed by atoms with E-state index in [0.717, 1.165) is 0 Å². The van der Waals surface area contributed by atoms with Crippen LogP contribution in [0.4, 0.5) is 4.39 Å². The quantitative estimate of drug-likeness (QED) is 0.664. The Morgan fingerprint density at radius 1 is 1.15 bits per heavy atom. The molecular weight excluding hydrogens is 405 g/mol. The van der Waals surface area contributed by atoms with Crippen LogP contribution in [0.15, 0.2) is 34.8 Å². The largest absolute Gasteiger partial charge is 0.494 e. The third-order valence-corrected chi connectivity index (χ3v) is 4.34. The number of methoxy groups -OCH3 is 2. The Kier molecular flexibility index (Phi) is 6.85. The lowest BCUT2D eigenvalue weighted by Gasteiger charge is -2.19. The molecule has 2 aromatic rings. The highest BCUT2D eigenvalue weighted by Crippen LogP contribution is 2.37. The lowest BCUT2D eigenvalue weighted by molar-refractivity contribution is 0.0784. The monoisotopic (exact) mass is 425 g/mol. The Hall–Kier alpha value is -2.28. The predicted molar refractivity (Wildman–Crippen MR) is 101 cm³/mol. The molecule has 0 spiro atoms. The number of carbonyl (C=O) groups excluding carboxylic acids is 1. The van der Waals surface area contributed by atoms with Crippen molar-refractivity contribution >= 4 is 21.8 Å². The summed E-state index contributed by atoms with van der Waals surface area (Å²) in [6.45, 7) is 2.60. The van der Waals surface area contributed by atoms with E-state index in [1.165, 1.54) is 25.2 Å². The molecule has 0 atom stereocenters. The fraction of sp³-hybridized carbons (Fsp3) is 0.316. The van der Waals surface area contributed by atoms with E-state index in [4.69, 9.17) is 14.2 Å². The number of hydrogen-bond donors (Lipinski definition) is 0. The maximum atomic E-state index is 13.8. The van der Waals surface area contributed by atoms with Crippen molar-refractivity contribution in [2.75, 3.05) is 27.9 Å². The van der Waals surface area contributed by atoms with Gasteiger partial charge in [-0.25, -0.2) is 4.39 Å². The number of halogens is 2. The standard InChI is InChI=1S/C19H21BrFNO4/c1-5-26-18-14(20)9-13(10-17(18)25-4)19(23)22(2)11-12-6-7-16(24-3)15(21)8-12/h6-10H,5,11H2,1-4H3. The number of benzene rings is 2. The number of carbonyl (C=O) groups is 1. The van der Waals surface area contributed by atoms with Gasteiger partial charge in [0.25, 0.3) is 5.91 Å². The normalized spacial score (nSPS) is 10.4. The second-order valence-electron chi connectivity index (χ2n) is 5.55. The Balaban J connectivity index is 2.22. The van der Waals surface area contributed by atoms with Gasteiger partial charge in [-0.3, -0.25) is 4.79 Å². The van der Waals surface area contributed by atoms with E-state index >= 15 is 0 Å². The van der Waals surface area contributed by atoms with Crippen LogP contribution in [-0.4, -0.2) is 38.7 Å². The Labute approximate surface area is 160 Å². The summed E-state index contributed by atoms with van der Waals surface area (Å²) in [5, 5.41) is 0. The maximum absolute atomic E-state index is 13.8. The van der Waals surface area contributed by atoms with E-state index in [-0.39, 0.29) is 18.2 Å². The van der Waals surface area contributed by atoms with Crippen LogP contribution in [0.2, 0.25) is 0 Å². The molecular formula is C19H21BrFNO4. The van der Waals surface area contributed by atoms with Crippen molar-refractivity contribution in [3.8, 4) is 17.2 Å². The molecule has 0 aliphatic carbocycles. The number of hydrogen-bond acceptors (Lipinski definition) is 4. The van der Waals surface area contributed by atoms with Crippen molar-refractivity contribution in [1.29, 1.82) is 0 Å². The molecule has 7 heteroatoms. The highest BCUT2D eigenvalue weighted by Gasteiger charge is 2.18. The van der Waals surface area contributed by atoms with E-state index in [9.17, 15) is 9.18 Å². The van der Waals surface area contributed by atoms with Gasteiger partial charge in [0.1, 0.15) is 0 Å². The molecule has 0 aliphatic rings. The van der Waals surface area contributed by atoms with Crippen molar-refractivity contribution in [2.24, 2.45) is 0 Å².